The van der Waals surface area contributed by atoms with Crippen LogP contribution in [0.3, 0.4) is 0 Å². The van der Waals surface area contributed by atoms with Gasteiger partial charge in [-0.2, -0.15) is 4.89 Å². The minimum absolute atomic E-state index is 0.0221. The van der Waals surface area contributed by atoms with Gasteiger partial charge in [0, 0.05) is 6.04 Å². The van der Waals surface area contributed by atoms with Crippen molar-refractivity contribution in [2.24, 2.45) is 5.92 Å². The van der Waals surface area contributed by atoms with E-state index in [-0.39, 0.29) is 6.04 Å². The predicted octanol–water partition coefficient (Wildman–Crippen LogP) is 2.40. The summed E-state index contributed by atoms with van der Waals surface area (Å²) < 4.78 is 10.5. The Morgan fingerprint density at radius 2 is 2.00 bits per heavy atom. The largest absolute Gasteiger partial charge is 0.609 e. The number of nitrogens with one attached hydrogen (secondary N) is 1. The Morgan fingerprint density at radius 1 is 1.43 bits per heavy atom. The molecule has 1 aliphatic carbocycles. The van der Waals surface area contributed by atoms with Crippen molar-refractivity contribution in [1.82, 2.24) is 5.32 Å². The third-order valence-corrected chi connectivity index (χ3v) is 3.36. The maximum absolute atomic E-state index is 11.0. The maximum atomic E-state index is 11.0. The summed E-state index contributed by atoms with van der Waals surface area (Å²) in [6.07, 6.45) is 5.91. The second-order valence-electron chi connectivity index (χ2n) is 3.91. The van der Waals surface area contributed by atoms with Gasteiger partial charge in [0.25, 0.3) is 0 Å². The highest BCUT2D eigenvalue weighted by molar-refractivity contribution is 7.58. The maximum Gasteiger partial charge on any atom is 0.609 e. The van der Waals surface area contributed by atoms with Gasteiger partial charge in [-0.25, -0.2) is 4.79 Å². The Bertz CT molecular complexity index is 226. The second kappa shape index (κ2) is 5.42. The zero-order chi connectivity index (χ0) is 10.6. The van der Waals surface area contributed by atoms with Gasteiger partial charge in [-0.15, -0.1) is 0 Å². The molecule has 0 aromatic carbocycles. The first-order valence-corrected chi connectivity index (χ1v) is 6.29. The number of amides is 1. The molecular weight excluding hydrogens is 201 g/mol. The van der Waals surface area contributed by atoms with Crippen LogP contribution in [0.25, 0.3) is 0 Å². The van der Waals surface area contributed by atoms with E-state index in [2.05, 4.69) is 5.32 Å². The molecule has 14 heavy (non-hydrogen) atoms. The number of hydrogen-bond donors (Lipinski definition) is 2. The summed E-state index contributed by atoms with van der Waals surface area (Å²) in [6, 6.07) is 0.0221. The van der Waals surface area contributed by atoms with Crippen molar-refractivity contribution in [2.75, 3.05) is 0 Å². The van der Waals surface area contributed by atoms with Crippen molar-refractivity contribution in [3.63, 3.8) is 0 Å². The topological polar surface area (TPSA) is 66.4 Å². The quantitative estimate of drug-likeness (QED) is 0.715. The highest BCUT2D eigenvalue weighted by Gasteiger charge is 2.30. The Hall–Kier alpha value is -0.470. The van der Waals surface area contributed by atoms with Crippen LogP contribution in [0.15, 0.2) is 0 Å². The summed E-state index contributed by atoms with van der Waals surface area (Å²) in [5.41, 5.74) is -0.738. The van der Waals surface area contributed by atoms with Crippen LogP contribution in [-0.4, -0.2) is 16.6 Å². The molecule has 1 amide bonds. The molecule has 1 saturated carbocycles. The molecule has 0 heterocycles. The monoisotopic (exact) mass is 218 g/mol. The lowest BCUT2D eigenvalue weighted by Gasteiger charge is -2.26. The molecule has 1 rings (SSSR count). The summed E-state index contributed by atoms with van der Waals surface area (Å²) >= 11 is 0. The molecule has 5 heteroatoms. The van der Waals surface area contributed by atoms with E-state index in [0.717, 1.165) is 12.8 Å². The molecule has 0 aromatic rings. The van der Waals surface area contributed by atoms with Crippen molar-refractivity contribution in [3.8, 4) is 0 Å². The highest BCUT2D eigenvalue weighted by Crippen LogP contribution is 2.27. The summed E-state index contributed by atoms with van der Waals surface area (Å²) in [5.74, 6) is 0.475. The van der Waals surface area contributed by atoms with Gasteiger partial charge in [0.2, 0.25) is 0 Å². The Morgan fingerprint density at radius 3 is 2.50 bits per heavy atom. The van der Waals surface area contributed by atoms with Gasteiger partial charge in [0.15, 0.2) is 0 Å². The van der Waals surface area contributed by atoms with Crippen LogP contribution in [0.1, 0.15) is 39.0 Å². The van der Waals surface area contributed by atoms with Gasteiger partial charge in [-0.1, -0.05) is 19.3 Å². The van der Waals surface area contributed by atoms with Crippen molar-refractivity contribution < 1.29 is 14.3 Å². The molecule has 0 saturated heterocycles. The first-order chi connectivity index (χ1) is 6.61. The molecule has 0 aliphatic heterocycles. The minimum atomic E-state index is -2.72. The molecule has 1 fully saturated rings. The number of hydrogen-bond acceptors (Lipinski definition) is 2. The minimum Gasteiger partial charge on any atom is -0.308 e. The van der Waals surface area contributed by atoms with Gasteiger partial charge in [0.1, 0.15) is 0 Å². The molecule has 0 radical (unpaired) electrons. The molecule has 2 unspecified atom stereocenters. The van der Waals surface area contributed by atoms with Crippen LogP contribution in [0.5, 0.6) is 0 Å². The molecule has 1 aliphatic rings. The highest BCUT2D eigenvalue weighted by atomic mass is 31.1. The van der Waals surface area contributed by atoms with Gasteiger partial charge in [-0.05, 0) is 30.2 Å². The molecule has 2 atom stereocenters. The van der Waals surface area contributed by atoms with E-state index >= 15 is 0 Å². The van der Waals surface area contributed by atoms with Crippen molar-refractivity contribution in [3.05, 3.63) is 0 Å². The smallest absolute Gasteiger partial charge is 0.308 e. The van der Waals surface area contributed by atoms with E-state index < -0.39 is 13.7 Å². The number of carbonyl (C=O) groups is 1. The summed E-state index contributed by atoms with van der Waals surface area (Å²) in [6.45, 7) is 1.91. The lowest BCUT2D eigenvalue weighted by atomic mass is 9.85. The molecule has 0 aromatic heterocycles. The normalized spacial score (nSPS) is 21.4. The second-order valence-corrected chi connectivity index (χ2v) is 4.86. The van der Waals surface area contributed by atoms with E-state index in [1.807, 2.05) is 6.92 Å². The number of rotatable bonds is 3. The molecule has 2 N–H and O–H groups in total. The Labute approximate surface area is 84.9 Å². The fraction of sp³-hybridized carbons (Fsp3) is 0.889. The first-order valence-electron chi connectivity index (χ1n) is 5.08. The van der Waals surface area contributed by atoms with E-state index in [1.165, 1.54) is 19.3 Å². The molecule has 0 bridgehead atoms. The van der Waals surface area contributed by atoms with Gasteiger partial charge in [0.05, 0.1) is 0 Å². The number of carbonyl (C=O) groups excluding carboxylic acids is 1. The van der Waals surface area contributed by atoms with Crippen LogP contribution in [-0.2, 0) is 4.57 Å². The lowest BCUT2D eigenvalue weighted by Crippen LogP contribution is -2.36. The Balaban J connectivity index is 2.36. The molecule has 0 spiro atoms. The Kier molecular flexibility index (Phi) is 4.49. The predicted molar refractivity (Wildman–Crippen MR) is 54.4 cm³/mol. The summed E-state index contributed by atoms with van der Waals surface area (Å²) in [7, 11) is -2.72. The fourth-order valence-corrected chi connectivity index (χ4v) is 2.32. The molecule has 4 nitrogen and oxygen atoms in total. The first kappa shape index (κ1) is 11.6. The van der Waals surface area contributed by atoms with Gasteiger partial charge >= 0.3 is 13.7 Å². The van der Waals surface area contributed by atoms with Crippen molar-refractivity contribution >= 4 is 13.7 Å². The standard InChI is InChI=1S/C9H16NO3P/c1-7(10-9(11)14(12)13)8-5-3-2-4-6-8/h7-8H,2-6H2,1H3,(H-,10,11,12,13)/p+1. The summed E-state index contributed by atoms with van der Waals surface area (Å²) in [4.78, 5) is 19.5. The van der Waals surface area contributed by atoms with Crippen LogP contribution in [0.2, 0.25) is 0 Å². The summed E-state index contributed by atoms with van der Waals surface area (Å²) in [5, 5.41) is 2.58. The van der Waals surface area contributed by atoms with Crippen LogP contribution >= 0.6 is 8.03 Å². The van der Waals surface area contributed by atoms with E-state index in [1.54, 1.807) is 0 Å². The zero-order valence-corrected chi connectivity index (χ0v) is 9.30. The average molecular weight is 218 g/mol. The molecular formula is C9H17NO3P+. The lowest BCUT2D eigenvalue weighted by molar-refractivity contribution is 0.240. The zero-order valence-electron chi connectivity index (χ0n) is 8.40. The van der Waals surface area contributed by atoms with Gasteiger partial charge in [-0.3, -0.25) is 0 Å². The van der Waals surface area contributed by atoms with E-state index in [0.29, 0.717) is 5.92 Å². The fourth-order valence-electron chi connectivity index (χ4n) is 2.00. The third-order valence-electron chi connectivity index (χ3n) is 2.88. The van der Waals surface area contributed by atoms with Crippen LogP contribution in [0, 0.1) is 5.92 Å². The van der Waals surface area contributed by atoms with Crippen LogP contribution in [0.4, 0.5) is 4.79 Å². The molecule has 80 valence electrons. The van der Waals surface area contributed by atoms with Crippen molar-refractivity contribution in [2.45, 2.75) is 45.1 Å². The van der Waals surface area contributed by atoms with E-state index in [4.69, 9.17) is 4.89 Å². The average Bonchev–Trinajstić information content (AvgIpc) is 2.19. The third kappa shape index (κ3) is 3.35. The van der Waals surface area contributed by atoms with Crippen molar-refractivity contribution in [1.29, 1.82) is 0 Å². The van der Waals surface area contributed by atoms with E-state index in [9.17, 15) is 9.36 Å². The SMILES string of the molecule is CC(NC(=O)[P+](=O)O)C1CCCCC1. The van der Waals surface area contributed by atoms with Crippen LogP contribution < -0.4 is 5.32 Å². The van der Waals surface area contributed by atoms with Gasteiger partial charge < -0.3 is 5.32 Å².